The van der Waals surface area contributed by atoms with Crippen molar-refractivity contribution in [1.29, 1.82) is 0 Å². The Morgan fingerprint density at radius 3 is 3.17 bits per heavy atom. The molecule has 0 amide bonds. The number of thiazole rings is 1. The van der Waals surface area contributed by atoms with Crippen LogP contribution in [0.1, 0.15) is 0 Å². The summed E-state index contributed by atoms with van der Waals surface area (Å²) in [5.41, 5.74) is 0.848. The zero-order valence-electron chi connectivity index (χ0n) is 9.29. The van der Waals surface area contributed by atoms with Crippen molar-refractivity contribution >= 4 is 38.9 Å². The molecular formula is C13H8N2O2S. The highest BCUT2D eigenvalue weighted by Gasteiger charge is 2.10. The Morgan fingerprint density at radius 1 is 1.33 bits per heavy atom. The van der Waals surface area contributed by atoms with Crippen LogP contribution in [0.3, 0.4) is 0 Å². The number of rotatable bonds is 0. The molecule has 3 heterocycles. The lowest BCUT2D eigenvalue weighted by molar-refractivity contribution is 0.345. The number of aromatic nitrogens is 2. The van der Waals surface area contributed by atoms with E-state index in [-0.39, 0.29) is 5.56 Å². The van der Waals surface area contributed by atoms with Crippen LogP contribution in [0.15, 0.2) is 29.1 Å². The van der Waals surface area contributed by atoms with Crippen LogP contribution in [0.4, 0.5) is 0 Å². The summed E-state index contributed by atoms with van der Waals surface area (Å²) in [6, 6.07) is 8.05. The van der Waals surface area contributed by atoms with Crippen LogP contribution in [0.25, 0.3) is 27.5 Å². The largest absolute Gasteiger partial charge is 0.496 e. The van der Waals surface area contributed by atoms with Gasteiger partial charge in [-0.25, -0.2) is 0 Å². The van der Waals surface area contributed by atoms with E-state index < -0.39 is 0 Å². The Morgan fingerprint density at radius 2 is 2.22 bits per heavy atom. The van der Waals surface area contributed by atoms with E-state index in [1.165, 1.54) is 17.6 Å². The van der Waals surface area contributed by atoms with E-state index in [1.807, 2.05) is 34.7 Å². The molecule has 0 saturated carbocycles. The lowest BCUT2D eigenvalue weighted by Gasteiger charge is -2.04. The molecule has 18 heavy (non-hydrogen) atoms. The average molecular weight is 256 g/mol. The number of benzene rings is 1. The third kappa shape index (κ3) is 1.19. The topological polar surface area (TPSA) is 43.6 Å². The van der Waals surface area contributed by atoms with Crippen LogP contribution in [0.5, 0.6) is 0 Å². The second-order valence-corrected chi connectivity index (χ2v) is 5.07. The van der Waals surface area contributed by atoms with Crippen molar-refractivity contribution in [3.8, 4) is 0 Å². The highest BCUT2D eigenvalue weighted by Crippen LogP contribution is 2.22. The SMILES string of the molecule is O=c1nc2sc3ccccc3n2c2c1=COCC=2. The fourth-order valence-electron chi connectivity index (χ4n) is 2.23. The molecule has 88 valence electrons. The lowest BCUT2D eigenvalue weighted by atomic mass is 10.3. The summed E-state index contributed by atoms with van der Waals surface area (Å²) in [5, 5.41) is 1.41. The highest BCUT2D eigenvalue weighted by atomic mass is 32.1. The zero-order valence-corrected chi connectivity index (χ0v) is 10.1. The summed E-state index contributed by atoms with van der Waals surface area (Å²) in [7, 11) is 0. The maximum absolute atomic E-state index is 11.9. The maximum Gasteiger partial charge on any atom is 0.284 e. The normalized spacial score (nSPS) is 13.8. The highest BCUT2D eigenvalue weighted by molar-refractivity contribution is 7.23. The van der Waals surface area contributed by atoms with E-state index in [0.717, 1.165) is 20.5 Å². The quantitative estimate of drug-likeness (QED) is 0.587. The van der Waals surface area contributed by atoms with Gasteiger partial charge in [0.25, 0.3) is 5.56 Å². The molecule has 0 N–H and O–H groups in total. The van der Waals surface area contributed by atoms with Crippen molar-refractivity contribution in [2.75, 3.05) is 6.61 Å². The molecule has 0 spiro atoms. The number of fused-ring (bicyclic) bond motifs is 5. The van der Waals surface area contributed by atoms with Crippen molar-refractivity contribution in [3.05, 3.63) is 45.2 Å². The first-order valence-electron chi connectivity index (χ1n) is 5.57. The minimum atomic E-state index is -0.229. The van der Waals surface area contributed by atoms with Gasteiger partial charge in [0.15, 0.2) is 4.96 Å². The predicted octanol–water partition coefficient (Wildman–Crippen LogP) is 0.458. The molecule has 0 saturated heterocycles. The van der Waals surface area contributed by atoms with Gasteiger partial charge in [-0.05, 0) is 18.2 Å². The monoisotopic (exact) mass is 256 g/mol. The third-order valence-corrected chi connectivity index (χ3v) is 4.04. The lowest BCUT2D eigenvalue weighted by Crippen LogP contribution is -2.46. The van der Waals surface area contributed by atoms with Crippen LogP contribution < -0.4 is 16.1 Å². The van der Waals surface area contributed by atoms with Crippen molar-refractivity contribution in [1.82, 2.24) is 9.38 Å². The zero-order chi connectivity index (χ0) is 12.1. The number of hydrogen-bond donors (Lipinski definition) is 0. The van der Waals surface area contributed by atoms with Crippen molar-refractivity contribution < 1.29 is 4.74 Å². The first kappa shape index (κ1) is 9.85. The van der Waals surface area contributed by atoms with E-state index in [9.17, 15) is 4.79 Å². The van der Waals surface area contributed by atoms with Gasteiger partial charge in [0, 0.05) is 0 Å². The van der Waals surface area contributed by atoms with E-state index in [2.05, 4.69) is 4.98 Å². The molecule has 4 rings (SSSR count). The fraction of sp³-hybridized carbons (Fsp3) is 0.0769. The Balaban J connectivity index is 2.43. The average Bonchev–Trinajstić information content (AvgIpc) is 2.77. The molecular weight excluding hydrogens is 248 g/mol. The van der Waals surface area contributed by atoms with Crippen LogP contribution in [0.2, 0.25) is 0 Å². The molecule has 5 heteroatoms. The number of para-hydroxylation sites is 1. The second kappa shape index (κ2) is 3.43. The molecule has 1 aliphatic rings. The Labute approximate surface area is 105 Å². The predicted molar refractivity (Wildman–Crippen MR) is 71.0 cm³/mol. The van der Waals surface area contributed by atoms with Crippen LogP contribution in [0, 0.1) is 0 Å². The van der Waals surface area contributed by atoms with Crippen molar-refractivity contribution in [2.45, 2.75) is 0 Å². The molecule has 0 unspecified atom stereocenters. The first-order chi connectivity index (χ1) is 8.84. The van der Waals surface area contributed by atoms with Gasteiger partial charge in [-0.15, -0.1) is 0 Å². The Hall–Kier alpha value is -2.14. The second-order valence-electron chi connectivity index (χ2n) is 4.06. The van der Waals surface area contributed by atoms with Crippen LogP contribution >= 0.6 is 11.3 Å². The van der Waals surface area contributed by atoms with Gasteiger partial charge >= 0.3 is 0 Å². The van der Waals surface area contributed by atoms with Crippen molar-refractivity contribution in [2.24, 2.45) is 0 Å². The number of nitrogens with zero attached hydrogens (tertiary/aromatic N) is 2. The van der Waals surface area contributed by atoms with E-state index >= 15 is 0 Å². The molecule has 2 aromatic heterocycles. The summed E-state index contributed by atoms with van der Waals surface area (Å²) in [5.74, 6) is 0. The smallest absolute Gasteiger partial charge is 0.284 e. The van der Waals surface area contributed by atoms with Gasteiger partial charge in [-0.3, -0.25) is 9.20 Å². The first-order valence-corrected chi connectivity index (χ1v) is 6.38. The van der Waals surface area contributed by atoms with Crippen LogP contribution in [-0.4, -0.2) is 16.0 Å². The van der Waals surface area contributed by atoms with E-state index in [0.29, 0.717) is 11.8 Å². The Bertz CT molecular complexity index is 953. The summed E-state index contributed by atoms with van der Waals surface area (Å²) < 4.78 is 8.33. The van der Waals surface area contributed by atoms with Gasteiger partial charge in [0.2, 0.25) is 0 Å². The van der Waals surface area contributed by atoms with Gasteiger partial charge < -0.3 is 4.74 Å². The summed E-state index contributed by atoms with van der Waals surface area (Å²) in [6.45, 7) is 0.489. The summed E-state index contributed by atoms with van der Waals surface area (Å²) in [4.78, 5) is 16.8. The van der Waals surface area contributed by atoms with Gasteiger partial charge in [0.05, 0.1) is 21.8 Å². The summed E-state index contributed by atoms with van der Waals surface area (Å²) >= 11 is 1.53. The molecule has 4 nitrogen and oxygen atoms in total. The van der Waals surface area contributed by atoms with Crippen molar-refractivity contribution in [3.63, 3.8) is 0 Å². The van der Waals surface area contributed by atoms with Crippen LogP contribution in [-0.2, 0) is 4.74 Å². The number of ether oxygens (including phenoxy) is 1. The van der Waals surface area contributed by atoms with Gasteiger partial charge in [0.1, 0.15) is 11.8 Å². The minimum Gasteiger partial charge on any atom is -0.496 e. The maximum atomic E-state index is 11.9. The molecule has 0 fully saturated rings. The molecule has 1 aliphatic heterocycles. The van der Waals surface area contributed by atoms with Gasteiger partial charge in [-0.2, -0.15) is 4.98 Å². The summed E-state index contributed by atoms with van der Waals surface area (Å²) in [6.07, 6.45) is 3.42. The minimum absolute atomic E-state index is 0.229. The standard InChI is InChI=1S/C13H8N2O2S/c16-12-8-7-17-6-5-9(8)15-10-3-1-2-4-11(10)18-13(15)14-12/h1-5,7H,6H2. The molecule has 0 radical (unpaired) electrons. The Kier molecular flexibility index (Phi) is 1.87. The van der Waals surface area contributed by atoms with E-state index in [1.54, 1.807) is 0 Å². The van der Waals surface area contributed by atoms with Gasteiger partial charge in [-0.1, -0.05) is 23.5 Å². The third-order valence-electron chi connectivity index (χ3n) is 3.02. The molecule has 3 aromatic rings. The number of hydrogen-bond acceptors (Lipinski definition) is 4. The molecule has 0 atom stereocenters. The fourth-order valence-corrected chi connectivity index (χ4v) is 3.25. The molecule has 1 aromatic carbocycles. The molecule has 0 bridgehead atoms. The van der Waals surface area contributed by atoms with E-state index in [4.69, 9.17) is 4.74 Å². The molecule has 0 aliphatic carbocycles.